The molecule has 0 bridgehead atoms. The molecule has 1 amide bonds. The van der Waals surface area contributed by atoms with Gasteiger partial charge in [-0.2, -0.15) is 0 Å². The predicted molar refractivity (Wildman–Crippen MR) is 77.8 cm³/mol. The van der Waals surface area contributed by atoms with Crippen LogP contribution in [0.1, 0.15) is 10.4 Å². The van der Waals surface area contributed by atoms with Crippen molar-refractivity contribution in [2.24, 2.45) is 0 Å². The van der Waals surface area contributed by atoms with Crippen molar-refractivity contribution >= 4 is 39.1 Å². The molecule has 2 aromatic carbocycles. The maximum atomic E-state index is 11.9. The van der Waals surface area contributed by atoms with Gasteiger partial charge in [0.1, 0.15) is 10.0 Å². The molecule has 0 aliphatic rings. The van der Waals surface area contributed by atoms with E-state index in [9.17, 15) is 13.2 Å². The molecule has 104 valence electrons. The van der Waals surface area contributed by atoms with Crippen LogP contribution in [0.4, 0.5) is 0 Å². The van der Waals surface area contributed by atoms with Gasteiger partial charge in [0.05, 0.1) is 10.8 Å². The largest absolute Gasteiger partial charge is 1.00 e. The van der Waals surface area contributed by atoms with Crippen LogP contribution in [0.15, 0.2) is 53.4 Å². The Morgan fingerprint density at radius 2 is 1.48 bits per heavy atom. The van der Waals surface area contributed by atoms with E-state index >= 15 is 0 Å². The van der Waals surface area contributed by atoms with Crippen molar-refractivity contribution in [1.82, 2.24) is 0 Å². The number of carbonyl (C=O) groups is 1. The Balaban J connectivity index is 0.00000220. The van der Waals surface area contributed by atoms with Gasteiger partial charge in [-0.1, -0.05) is 41.4 Å². The molecule has 0 spiro atoms. The first kappa shape index (κ1) is 18.1. The number of hydrogen-bond acceptors (Lipinski definition) is 3. The van der Waals surface area contributed by atoms with Crippen LogP contribution in [0, 0.1) is 0 Å². The van der Waals surface area contributed by atoms with Crippen LogP contribution in [0.5, 0.6) is 0 Å². The van der Waals surface area contributed by atoms with Crippen LogP contribution in [0.25, 0.3) is 4.72 Å². The molecule has 0 aliphatic carbocycles. The van der Waals surface area contributed by atoms with E-state index in [-0.39, 0.29) is 39.4 Å². The minimum Gasteiger partial charge on any atom is -0.538 e. The fourth-order valence-corrected chi connectivity index (χ4v) is 2.94. The number of sulfonamides is 1. The van der Waals surface area contributed by atoms with Gasteiger partial charge in [0.25, 0.3) is 0 Å². The Morgan fingerprint density at radius 1 is 0.952 bits per heavy atom. The second-order valence-corrected chi connectivity index (χ2v) is 6.32. The molecule has 0 saturated carbocycles. The molecule has 4 nitrogen and oxygen atoms in total. The maximum Gasteiger partial charge on any atom is 1.00 e. The van der Waals surface area contributed by atoms with Crippen LogP contribution in [-0.4, -0.2) is 14.3 Å². The number of amides is 1. The Kier molecular flexibility index (Phi) is 6.33. The van der Waals surface area contributed by atoms with Crippen molar-refractivity contribution in [3.05, 3.63) is 68.9 Å². The summed E-state index contributed by atoms with van der Waals surface area (Å²) in [5.74, 6) is -0.918. The van der Waals surface area contributed by atoms with E-state index in [1.54, 1.807) is 18.2 Å². The molecule has 0 radical (unpaired) electrons. The first-order chi connectivity index (χ1) is 9.38. The normalized spacial score (nSPS) is 10.6. The van der Waals surface area contributed by atoms with Crippen molar-refractivity contribution in [3.63, 3.8) is 0 Å². The third kappa shape index (κ3) is 4.77. The summed E-state index contributed by atoms with van der Waals surface area (Å²) < 4.78 is 27.1. The van der Waals surface area contributed by atoms with Gasteiger partial charge in [0, 0.05) is 15.6 Å². The van der Waals surface area contributed by atoms with Crippen molar-refractivity contribution < 1.29 is 32.1 Å². The van der Waals surface area contributed by atoms with Crippen molar-refractivity contribution in [3.8, 4) is 0 Å². The SMILES string of the molecule is O=C([N-]S(=O)(=O)c1ccccc1)c1cc(Cl)cc(Cl)c1.[Li+]. The van der Waals surface area contributed by atoms with Crippen LogP contribution >= 0.6 is 23.2 Å². The topological polar surface area (TPSA) is 65.3 Å². The number of rotatable bonds is 3. The molecule has 2 rings (SSSR count). The number of nitrogens with zero attached hydrogens (tertiary/aromatic N) is 1. The molecule has 0 atom stereocenters. The number of hydrogen-bond donors (Lipinski definition) is 0. The Morgan fingerprint density at radius 3 is 2.00 bits per heavy atom. The van der Waals surface area contributed by atoms with E-state index in [0.717, 1.165) is 0 Å². The molecule has 0 aromatic heterocycles. The van der Waals surface area contributed by atoms with Gasteiger partial charge in [0.2, 0.25) is 0 Å². The monoisotopic (exact) mass is 335 g/mol. The molecule has 21 heavy (non-hydrogen) atoms. The van der Waals surface area contributed by atoms with E-state index in [2.05, 4.69) is 4.72 Å². The standard InChI is InChI=1S/C13H9Cl2NO3S.Li/c14-10-6-9(7-11(15)8-10)13(17)16-20(18,19)12-4-2-1-3-5-12;/h1-8H,(H,16,17);/q;+1/p-1. The Bertz CT molecular complexity index is 731. The van der Waals surface area contributed by atoms with Crippen molar-refractivity contribution in [1.29, 1.82) is 0 Å². The zero-order chi connectivity index (χ0) is 14.8. The first-order valence-corrected chi connectivity index (χ1v) is 7.61. The van der Waals surface area contributed by atoms with Crippen molar-refractivity contribution in [2.45, 2.75) is 4.90 Å². The zero-order valence-electron chi connectivity index (χ0n) is 11.0. The molecule has 0 saturated heterocycles. The molecule has 0 fully saturated rings. The summed E-state index contributed by atoms with van der Waals surface area (Å²) >= 11 is 11.5. The van der Waals surface area contributed by atoms with Gasteiger partial charge in [-0.25, -0.2) is 8.42 Å². The minimum atomic E-state index is -4.04. The number of carbonyl (C=O) groups excluding carboxylic acids is 1. The fraction of sp³-hybridized carbons (Fsp3) is 0. The Labute approximate surface area is 144 Å². The van der Waals surface area contributed by atoms with Gasteiger partial charge in [-0.05, 0) is 30.3 Å². The van der Waals surface area contributed by atoms with Crippen LogP contribution < -0.4 is 18.9 Å². The smallest absolute Gasteiger partial charge is 0.538 e. The van der Waals surface area contributed by atoms with Gasteiger partial charge in [0.15, 0.2) is 0 Å². The van der Waals surface area contributed by atoms with Gasteiger partial charge in [-0.3, -0.25) is 0 Å². The molecule has 0 N–H and O–H groups in total. The van der Waals surface area contributed by atoms with Crippen LogP contribution in [0.3, 0.4) is 0 Å². The number of benzene rings is 2. The third-order valence-corrected chi connectivity index (χ3v) is 4.06. The summed E-state index contributed by atoms with van der Waals surface area (Å²) in [6, 6.07) is 11.5. The summed E-state index contributed by atoms with van der Waals surface area (Å²) in [6.45, 7) is 0. The first-order valence-electron chi connectivity index (χ1n) is 5.42. The fourth-order valence-electron chi connectivity index (χ4n) is 1.48. The molecule has 8 heteroatoms. The van der Waals surface area contributed by atoms with E-state index in [1.165, 1.54) is 30.3 Å². The predicted octanol–water partition coefficient (Wildman–Crippen LogP) is 0.900. The Hall–Kier alpha value is -0.963. The summed E-state index contributed by atoms with van der Waals surface area (Å²) in [7, 11) is -4.04. The van der Waals surface area contributed by atoms with Crippen LogP contribution in [-0.2, 0) is 10.0 Å². The second-order valence-electron chi connectivity index (χ2n) is 3.84. The summed E-state index contributed by atoms with van der Waals surface area (Å²) in [4.78, 5) is 11.8. The second kappa shape index (κ2) is 7.35. The zero-order valence-corrected chi connectivity index (χ0v) is 13.3. The average Bonchev–Trinajstić information content (AvgIpc) is 2.38. The van der Waals surface area contributed by atoms with Crippen molar-refractivity contribution in [2.75, 3.05) is 0 Å². The average molecular weight is 336 g/mol. The molecular weight excluding hydrogens is 328 g/mol. The number of halogens is 2. The van der Waals surface area contributed by atoms with E-state index in [1.807, 2.05) is 0 Å². The maximum absolute atomic E-state index is 11.9. The summed E-state index contributed by atoms with van der Waals surface area (Å²) in [5.41, 5.74) is 0.0157. The summed E-state index contributed by atoms with van der Waals surface area (Å²) in [5, 5.41) is 0.460. The third-order valence-electron chi connectivity index (χ3n) is 2.35. The van der Waals surface area contributed by atoms with Gasteiger partial charge >= 0.3 is 18.9 Å². The molecule has 0 unspecified atom stereocenters. The molecule has 0 aliphatic heterocycles. The molecule has 0 heterocycles. The van der Waals surface area contributed by atoms with E-state index in [4.69, 9.17) is 23.2 Å². The van der Waals surface area contributed by atoms with E-state index < -0.39 is 15.9 Å². The molecule has 2 aromatic rings. The summed E-state index contributed by atoms with van der Waals surface area (Å²) in [6.07, 6.45) is 0. The minimum absolute atomic E-state index is 0. The van der Waals surface area contributed by atoms with Crippen LogP contribution in [0.2, 0.25) is 10.0 Å². The quantitative estimate of drug-likeness (QED) is 0.783. The molecular formula is C13H8Cl2LiNO3S. The van der Waals surface area contributed by atoms with Gasteiger partial charge in [-0.15, -0.1) is 0 Å². The van der Waals surface area contributed by atoms with Gasteiger partial charge < -0.3 is 9.52 Å². The van der Waals surface area contributed by atoms with E-state index in [0.29, 0.717) is 0 Å².